The number of halogens is 2. The Kier molecular flexibility index (Phi) is 7.38. The first-order valence-corrected chi connectivity index (χ1v) is 15.3. The molecule has 0 spiro atoms. The molecule has 0 amide bonds. The number of pyridine rings is 2. The van der Waals surface area contributed by atoms with E-state index in [9.17, 15) is 4.79 Å². The van der Waals surface area contributed by atoms with Crippen LogP contribution in [0.4, 0.5) is 0 Å². The van der Waals surface area contributed by atoms with E-state index in [0.29, 0.717) is 45.3 Å². The Labute approximate surface area is 209 Å². The summed E-state index contributed by atoms with van der Waals surface area (Å²) in [5.74, 6) is 0.895. The minimum Gasteiger partial charge on any atom is -0.457 e. The Bertz CT molecular complexity index is 1320. The van der Waals surface area contributed by atoms with Crippen LogP contribution >= 0.6 is 23.2 Å². The quantitative estimate of drug-likeness (QED) is 0.136. The van der Waals surface area contributed by atoms with E-state index in [2.05, 4.69) is 29.6 Å². The van der Waals surface area contributed by atoms with Crippen LogP contribution in [0.5, 0.6) is 11.5 Å². The van der Waals surface area contributed by atoms with Gasteiger partial charge in [-0.2, -0.15) is 0 Å². The van der Waals surface area contributed by atoms with Gasteiger partial charge in [0.15, 0.2) is 5.78 Å². The summed E-state index contributed by atoms with van der Waals surface area (Å²) >= 11 is 13.0. The van der Waals surface area contributed by atoms with Gasteiger partial charge in [-0.05, 0) is 36.4 Å². The highest BCUT2D eigenvalue weighted by molar-refractivity contribution is 6.76. The summed E-state index contributed by atoms with van der Waals surface area (Å²) in [6.07, 6.45) is 6.63. The topological polar surface area (TPSA) is 66.2 Å². The molecule has 0 bridgehead atoms. The molecule has 4 aromatic rings. The fraction of sp³-hybridized carbons (Fsp3) is 0.240. The minimum absolute atomic E-state index is 0.249. The number of hydrogen-bond donors (Lipinski definition) is 0. The van der Waals surface area contributed by atoms with E-state index in [0.717, 1.165) is 6.04 Å². The predicted octanol–water partition coefficient (Wildman–Crippen LogP) is 7.07. The molecule has 0 saturated heterocycles. The van der Waals surface area contributed by atoms with Crippen molar-refractivity contribution >= 4 is 48.1 Å². The lowest BCUT2D eigenvalue weighted by Crippen LogP contribution is -2.22. The molecule has 3 heterocycles. The van der Waals surface area contributed by atoms with Crippen LogP contribution in [0.25, 0.3) is 11.0 Å². The van der Waals surface area contributed by atoms with E-state index >= 15 is 0 Å². The number of fused-ring (bicyclic) bond motifs is 1. The summed E-state index contributed by atoms with van der Waals surface area (Å²) < 4.78 is 13.5. The number of benzene rings is 1. The van der Waals surface area contributed by atoms with Crippen molar-refractivity contribution in [2.24, 2.45) is 0 Å². The highest BCUT2D eigenvalue weighted by Gasteiger charge is 2.22. The van der Waals surface area contributed by atoms with Gasteiger partial charge in [0, 0.05) is 56.5 Å². The summed E-state index contributed by atoms with van der Waals surface area (Å²) in [6.45, 7) is 7.85. The third-order valence-electron chi connectivity index (χ3n) is 5.25. The maximum absolute atomic E-state index is 13.5. The second kappa shape index (κ2) is 10.3. The Morgan fingerprint density at radius 3 is 2.44 bits per heavy atom. The van der Waals surface area contributed by atoms with E-state index in [1.807, 2.05) is 4.57 Å². The van der Waals surface area contributed by atoms with E-state index in [4.69, 9.17) is 32.7 Å². The van der Waals surface area contributed by atoms with Gasteiger partial charge in [-0.3, -0.25) is 9.78 Å². The maximum Gasteiger partial charge on any atom is 0.196 e. The van der Waals surface area contributed by atoms with Crippen LogP contribution in [0.2, 0.25) is 35.7 Å². The molecule has 0 atom stereocenters. The molecule has 176 valence electrons. The van der Waals surface area contributed by atoms with Crippen molar-refractivity contribution in [1.29, 1.82) is 0 Å². The third kappa shape index (κ3) is 5.67. The van der Waals surface area contributed by atoms with Gasteiger partial charge in [0.2, 0.25) is 0 Å². The van der Waals surface area contributed by atoms with Crippen molar-refractivity contribution in [2.75, 3.05) is 6.61 Å². The molecule has 3 aromatic heterocycles. The average Bonchev–Trinajstić information content (AvgIpc) is 3.16. The van der Waals surface area contributed by atoms with Gasteiger partial charge in [-0.15, -0.1) is 0 Å². The molecule has 1 aromatic carbocycles. The van der Waals surface area contributed by atoms with Crippen LogP contribution in [0, 0.1) is 0 Å². The lowest BCUT2D eigenvalue weighted by atomic mass is 10.0. The summed E-state index contributed by atoms with van der Waals surface area (Å²) in [5, 5.41) is 1.31. The number of rotatable bonds is 9. The Hall–Kier alpha value is -2.71. The first-order valence-electron chi connectivity index (χ1n) is 10.9. The molecule has 0 aliphatic carbocycles. The number of nitrogens with zero attached hydrogens (tertiary/aromatic N) is 3. The molecule has 0 saturated carbocycles. The van der Waals surface area contributed by atoms with Gasteiger partial charge in [0.25, 0.3) is 0 Å². The molecular weight excluding hydrogens is 489 g/mol. The van der Waals surface area contributed by atoms with E-state index < -0.39 is 8.07 Å². The van der Waals surface area contributed by atoms with Crippen molar-refractivity contribution < 1.29 is 14.3 Å². The molecule has 0 radical (unpaired) electrons. The van der Waals surface area contributed by atoms with Gasteiger partial charge in [-0.1, -0.05) is 42.8 Å². The van der Waals surface area contributed by atoms with Crippen molar-refractivity contribution in [3.63, 3.8) is 0 Å². The molecule has 0 N–H and O–H groups in total. The molecule has 34 heavy (non-hydrogen) atoms. The second-order valence-electron chi connectivity index (χ2n) is 9.11. The van der Waals surface area contributed by atoms with Gasteiger partial charge < -0.3 is 14.0 Å². The van der Waals surface area contributed by atoms with Gasteiger partial charge in [0.05, 0.1) is 15.6 Å². The SMILES string of the molecule is C[Si](C)(C)CCOCn1cc(C(=O)c2ccc(Oc3ccncc3)cc2Cl)c2c(Cl)ccnc21. The Morgan fingerprint density at radius 1 is 0.971 bits per heavy atom. The molecule has 0 aliphatic rings. The largest absolute Gasteiger partial charge is 0.457 e. The van der Waals surface area contributed by atoms with Crippen molar-refractivity contribution in [2.45, 2.75) is 32.4 Å². The number of ketones is 1. The van der Waals surface area contributed by atoms with Crippen molar-refractivity contribution in [3.05, 3.63) is 82.4 Å². The Balaban J connectivity index is 1.61. The van der Waals surface area contributed by atoms with E-state index in [1.54, 1.807) is 61.2 Å². The normalized spacial score (nSPS) is 11.7. The van der Waals surface area contributed by atoms with Gasteiger partial charge in [0.1, 0.15) is 23.9 Å². The van der Waals surface area contributed by atoms with Gasteiger partial charge in [-0.25, -0.2) is 4.98 Å². The van der Waals surface area contributed by atoms with Crippen molar-refractivity contribution in [3.8, 4) is 11.5 Å². The minimum atomic E-state index is -1.20. The zero-order chi connectivity index (χ0) is 24.3. The van der Waals surface area contributed by atoms with Crippen LogP contribution in [0.3, 0.4) is 0 Å². The number of carbonyl (C=O) groups excluding carboxylic acids is 1. The zero-order valence-corrected chi connectivity index (χ0v) is 21.7. The summed E-state index contributed by atoms with van der Waals surface area (Å²) in [6, 6.07) is 11.2. The molecule has 9 heteroatoms. The van der Waals surface area contributed by atoms with E-state index in [-0.39, 0.29) is 17.5 Å². The van der Waals surface area contributed by atoms with Gasteiger partial charge >= 0.3 is 0 Å². The highest BCUT2D eigenvalue weighted by atomic mass is 35.5. The fourth-order valence-electron chi connectivity index (χ4n) is 3.42. The van der Waals surface area contributed by atoms with Crippen LogP contribution in [-0.4, -0.2) is 35.0 Å². The summed E-state index contributed by atoms with van der Waals surface area (Å²) in [7, 11) is -1.20. The van der Waals surface area contributed by atoms with Crippen LogP contribution in [0.1, 0.15) is 15.9 Å². The third-order valence-corrected chi connectivity index (χ3v) is 7.58. The number of aromatic nitrogens is 3. The molecule has 0 unspecified atom stereocenters. The summed E-state index contributed by atoms with van der Waals surface area (Å²) in [4.78, 5) is 21.9. The monoisotopic (exact) mass is 513 g/mol. The molecular formula is C25H25Cl2N3O3Si. The lowest BCUT2D eigenvalue weighted by molar-refractivity contribution is 0.0896. The van der Waals surface area contributed by atoms with E-state index in [1.165, 1.54) is 0 Å². The standard InChI is InChI=1S/C25H25Cl2N3O3Si/c1-34(2,3)13-12-32-16-30-15-20(23-21(26)8-11-29-25(23)30)24(31)19-5-4-18(14-22(19)27)33-17-6-9-28-10-7-17/h4-11,14-15H,12-13,16H2,1-3H3. The van der Waals surface area contributed by atoms with Crippen molar-refractivity contribution in [1.82, 2.24) is 14.5 Å². The molecule has 6 nitrogen and oxygen atoms in total. The zero-order valence-electron chi connectivity index (χ0n) is 19.2. The van der Waals surface area contributed by atoms with Crippen LogP contribution in [0.15, 0.2) is 61.2 Å². The molecule has 0 aliphatic heterocycles. The first kappa shape index (κ1) is 24.4. The predicted molar refractivity (Wildman–Crippen MR) is 138 cm³/mol. The average molecular weight is 514 g/mol. The Morgan fingerprint density at radius 2 is 1.74 bits per heavy atom. The molecule has 4 rings (SSSR count). The number of ether oxygens (including phenoxy) is 2. The fourth-order valence-corrected chi connectivity index (χ4v) is 4.67. The highest BCUT2D eigenvalue weighted by Crippen LogP contribution is 2.32. The second-order valence-corrected chi connectivity index (χ2v) is 15.5. The van der Waals surface area contributed by atoms with Crippen LogP contribution in [-0.2, 0) is 11.5 Å². The smallest absolute Gasteiger partial charge is 0.196 e. The number of hydrogen-bond acceptors (Lipinski definition) is 5. The number of carbonyl (C=O) groups is 1. The van der Waals surface area contributed by atoms with Crippen LogP contribution < -0.4 is 4.74 Å². The maximum atomic E-state index is 13.5. The molecule has 0 fully saturated rings. The summed E-state index contributed by atoms with van der Waals surface area (Å²) in [5.41, 5.74) is 1.37. The lowest BCUT2D eigenvalue weighted by Gasteiger charge is -2.15. The first-order chi connectivity index (χ1) is 16.2.